The predicted octanol–water partition coefficient (Wildman–Crippen LogP) is 3.81. The van der Waals surface area contributed by atoms with E-state index in [1.54, 1.807) is 25.1 Å². The van der Waals surface area contributed by atoms with E-state index in [2.05, 4.69) is 10.2 Å². The second-order valence-corrected chi connectivity index (χ2v) is 11.3. The van der Waals surface area contributed by atoms with Crippen LogP contribution in [-0.4, -0.2) is 51.7 Å². The van der Waals surface area contributed by atoms with Crippen LogP contribution in [0.2, 0.25) is 5.02 Å². The van der Waals surface area contributed by atoms with E-state index in [9.17, 15) is 13.2 Å². The van der Waals surface area contributed by atoms with Crippen molar-refractivity contribution >= 4 is 33.0 Å². The fourth-order valence-corrected chi connectivity index (χ4v) is 5.24. The van der Waals surface area contributed by atoms with E-state index in [0.717, 1.165) is 55.0 Å². The van der Waals surface area contributed by atoms with Gasteiger partial charge in [-0.25, -0.2) is 8.42 Å². The zero-order chi connectivity index (χ0) is 22.2. The summed E-state index contributed by atoms with van der Waals surface area (Å²) in [5.74, 6) is 0.792. The number of carbonyl (C=O) groups is 1. The standard InChI is InChI=1S/C23H27ClN2O4S/c1-16(31(2,28)29)17-3-6-19(7-4-17)30-14-13-26-11-9-23(10-12-26)20-15-18(24)5-8-21(20)25-22(23)27/h3-8,15-16H,9-14H2,1-2H3,(H,25,27). The molecule has 166 valence electrons. The first-order chi connectivity index (χ1) is 14.7. The molecule has 1 spiro atoms. The Labute approximate surface area is 188 Å². The highest BCUT2D eigenvalue weighted by atomic mass is 35.5. The van der Waals surface area contributed by atoms with Crippen LogP contribution in [0.1, 0.15) is 36.1 Å². The van der Waals surface area contributed by atoms with E-state index in [4.69, 9.17) is 16.3 Å². The molecule has 2 aliphatic rings. The molecule has 1 atom stereocenters. The molecule has 1 saturated heterocycles. The second kappa shape index (κ2) is 8.45. The zero-order valence-electron chi connectivity index (χ0n) is 17.7. The topological polar surface area (TPSA) is 75.7 Å². The van der Waals surface area contributed by atoms with Crippen LogP contribution in [0, 0.1) is 0 Å². The summed E-state index contributed by atoms with van der Waals surface area (Å²) in [6, 6.07) is 12.8. The Morgan fingerprint density at radius 2 is 1.84 bits per heavy atom. The van der Waals surface area contributed by atoms with Gasteiger partial charge in [0.25, 0.3) is 0 Å². The number of nitrogens with zero attached hydrogens (tertiary/aromatic N) is 1. The smallest absolute Gasteiger partial charge is 0.235 e. The van der Waals surface area contributed by atoms with Crippen molar-refractivity contribution in [2.45, 2.75) is 30.4 Å². The molecular weight excluding hydrogens is 436 g/mol. The molecule has 1 amide bonds. The Balaban J connectivity index is 1.30. The van der Waals surface area contributed by atoms with Gasteiger partial charge >= 0.3 is 0 Å². The maximum atomic E-state index is 12.7. The third kappa shape index (κ3) is 4.45. The zero-order valence-corrected chi connectivity index (χ0v) is 19.3. The van der Waals surface area contributed by atoms with Crippen molar-refractivity contribution in [3.63, 3.8) is 0 Å². The molecular formula is C23H27ClN2O4S. The van der Waals surface area contributed by atoms with E-state index < -0.39 is 20.5 Å². The summed E-state index contributed by atoms with van der Waals surface area (Å²) in [4.78, 5) is 15.0. The Morgan fingerprint density at radius 1 is 1.16 bits per heavy atom. The lowest BCUT2D eigenvalue weighted by molar-refractivity contribution is -0.122. The van der Waals surface area contributed by atoms with Crippen molar-refractivity contribution in [2.24, 2.45) is 0 Å². The Hall–Kier alpha value is -2.09. The van der Waals surface area contributed by atoms with Gasteiger partial charge in [-0.15, -0.1) is 0 Å². The van der Waals surface area contributed by atoms with Crippen molar-refractivity contribution < 1.29 is 17.9 Å². The highest BCUT2D eigenvalue weighted by molar-refractivity contribution is 7.90. The van der Waals surface area contributed by atoms with Gasteiger partial charge in [0, 0.05) is 23.5 Å². The van der Waals surface area contributed by atoms with Gasteiger partial charge in [0.15, 0.2) is 9.84 Å². The lowest BCUT2D eigenvalue weighted by Gasteiger charge is -2.38. The summed E-state index contributed by atoms with van der Waals surface area (Å²) in [5.41, 5.74) is 2.17. The number of carbonyl (C=O) groups excluding carboxylic acids is 1. The lowest BCUT2D eigenvalue weighted by atomic mass is 9.73. The molecule has 1 unspecified atom stereocenters. The number of hydrogen-bond acceptors (Lipinski definition) is 5. The Bertz CT molecular complexity index is 1080. The fraction of sp³-hybridized carbons (Fsp3) is 0.435. The molecule has 1 fully saturated rings. The summed E-state index contributed by atoms with van der Waals surface area (Å²) in [7, 11) is -3.12. The number of ether oxygens (including phenoxy) is 1. The van der Waals surface area contributed by atoms with Gasteiger partial charge < -0.3 is 10.1 Å². The van der Waals surface area contributed by atoms with Crippen LogP contribution in [0.5, 0.6) is 5.75 Å². The van der Waals surface area contributed by atoms with Crippen molar-refractivity contribution in [3.8, 4) is 5.75 Å². The molecule has 2 heterocycles. The first-order valence-corrected chi connectivity index (χ1v) is 12.8. The van der Waals surface area contributed by atoms with Crippen LogP contribution >= 0.6 is 11.6 Å². The van der Waals surface area contributed by atoms with Gasteiger partial charge in [-0.2, -0.15) is 0 Å². The molecule has 0 radical (unpaired) electrons. The molecule has 0 aliphatic carbocycles. The Kier molecular flexibility index (Phi) is 6.03. The largest absolute Gasteiger partial charge is 0.492 e. The molecule has 31 heavy (non-hydrogen) atoms. The molecule has 2 aromatic carbocycles. The highest BCUT2D eigenvalue weighted by Crippen LogP contribution is 2.45. The van der Waals surface area contributed by atoms with Gasteiger partial charge in [-0.05, 0) is 74.3 Å². The third-order valence-corrected chi connectivity index (χ3v) is 8.35. The van der Waals surface area contributed by atoms with E-state index in [1.807, 2.05) is 24.3 Å². The van der Waals surface area contributed by atoms with Crippen LogP contribution < -0.4 is 10.1 Å². The van der Waals surface area contributed by atoms with Gasteiger partial charge in [0.1, 0.15) is 12.4 Å². The SMILES string of the molecule is CC(c1ccc(OCCN2CCC3(CC2)C(=O)Nc2ccc(Cl)cc23)cc1)S(C)(=O)=O. The lowest BCUT2D eigenvalue weighted by Crippen LogP contribution is -2.47. The minimum atomic E-state index is -3.12. The number of halogens is 1. The van der Waals surface area contributed by atoms with Gasteiger partial charge in [0.05, 0.1) is 10.7 Å². The predicted molar refractivity (Wildman–Crippen MR) is 123 cm³/mol. The van der Waals surface area contributed by atoms with Crippen LogP contribution in [0.3, 0.4) is 0 Å². The summed E-state index contributed by atoms with van der Waals surface area (Å²) in [6.07, 6.45) is 2.75. The van der Waals surface area contributed by atoms with Crippen molar-refractivity contribution in [3.05, 3.63) is 58.6 Å². The monoisotopic (exact) mass is 462 g/mol. The van der Waals surface area contributed by atoms with Crippen molar-refractivity contribution in [1.29, 1.82) is 0 Å². The molecule has 0 bridgehead atoms. The van der Waals surface area contributed by atoms with E-state index in [-0.39, 0.29) is 5.91 Å². The maximum absolute atomic E-state index is 12.7. The minimum absolute atomic E-state index is 0.0732. The number of benzene rings is 2. The van der Waals surface area contributed by atoms with Crippen molar-refractivity contribution in [2.75, 3.05) is 37.8 Å². The first kappa shape index (κ1) is 22.1. The van der Waals surface area contributed by atoms with E-state index >= 15 is 0 Å². The molecule has 8 heteroatoms. The number of nitrogens with one attached hydrogen (secondary N) is 1. The molecule has 2 aliphatic heterocycles. The first-order valence-electron chi connectivity index (χ1n) is 10.4. The molecule has 6 nitrogen and oxygen atoms in total. The average molecular weight is 463 g/mol. The number of piperidine rings is 1. The number of anilines is 1. The summed E-state index contributed by atoms with van der Waals surface area (Å²) in [6.45, 7) is 4.61. The quantitative estimate of drug-likeness (QED) is 0.706. The van der Waals surface area contributed by atoms with Crippen LogP contribution in [-0.2, 0) is 20.0 Å². The van der Waals surface area contributed by atoms with Crippen molar-refractivity contribution in [1.82, 2.24) is 4.90 Å². The van der Waals surface area contributed by atoms with Gasteiger partial charge in [-0.1, -0.05) is 23.7 Å². The molecule has 1 N–H and O–H groups in total. The summed E-state index contributed by atoms with van der Waals surface area (Å²) >= 11 is 6.18. The number of sulfone groups is 1. The Morgan fingerprint density at radius 3 is 2.48 bits per heavy atom. The normalized spacial score (nSPS) is 19.1. The van der Waals surface area contributed by atoms with Crippen LogP contribution in [0.15, 0.2) is 42.5 Å². The summed E-state index contributed by atoms with van der Waals surface area (Å²) < 4.78 is 29.2. The number of rotatable bonds is 6. The number of hydrogen-bond donors (Lipinski definition) is 1. The number of amides is 1. The molecule has 2 aromatic rings. The van der Waals surface area contributed by atoms with Crippen LogP contribution in [0.25, 0.3) is 0 Å². The van der Waals surface area contributed by atoms with Gasteiger partial charge in [-0.3, -0.25) is 9.69 Å². The van der Waals surface area contributed by atoms with Crippen LogP contribution in [0.4, 0.5) is 5.69 Å². The van der Waals surface area contributed by atoms with E-state index in [1.165, 1.54) is 6.26 Å². The maximum Gasteiger partial charge on any atom is 0.235 e. The van der Waals surface area contributed by atoms with E-state index in [0.29, 0.717) is 11.6 Å². The minimum Gasteiger partial charge on any atom is -0.492 e. The average Bonchev–Trinajstić information content (AvgIpc) is 3.00. The molecule has 0 aromatic heterocycles. The fourth-order valence-electron chi connectivity index (χ4n) is 4.42. The molecule has 4 rings (SSSR count). The highest BCUT2D eigenvalue weighted by Gasteiger charge is 2.48. The van der Waals surface area contributed by atoms with Gasteiger partial charge in [0.2, 0.25) is 5.91 Å². The number of fused-ring (bicyclic) bond motifs is 2. The number of likely N-dealkylation sites (tertiary alicyclic amines) is 1. The third-order valence-electron chi connectivity index (χ3n) is 6.56. The summed E-state index contributed by atoms with van der Waals surface area (Å²) in [5, 5.41) is 3.13. The molecule has 0 saturated carbocycles. The second-order valence-electron chi connectivity index (χ2n) is 8.46.